The maximum atomic E-state index is 12.5. The van der Waals surface area contributed by atoms with Crippen LogP contribution in [0, 0.1) is 0 Å². The van der Waals surface area contributed by atoms with Crippen LogP contribution in [0.2, 0.25) is 0 Å². The summed E-state index contributed by atoms with van der Waals surface area (Å²) < 4.78 is 11.1. The van der Waals surface area contributed by atoms with Crippen molar-refractivity contribution < 1.29 is 14.3 Å². The molecule has 1 N–H and O–H groups in total. The fourth-order valence-corrected chi connectivity index (χ4v) is 3.82. The van der Waals surface area contributed by atoms with Crippen molar-refractivity contribution in [2.75, 3.05) is 50.1 Å². The molecule has 0 unspecified atom stereocenters. The SMILES string of the molecule is CN(CC(=O)Nc1ccc2c(c1)OCCO2)Cc1ccccc1N1CCCC1. The normalized spacial score (nSPS) is 15.7. The van der Waals surface area contributed by atoms with Crippen LogP contribution in [0.25, 0.3) is 0 Å². The van der Waals surface area contributed by atoms with Gasteiger partial charge in [-0.1, -0.05) is 18.2 Å². The van der Waals surface area contributed by atoms with Crippen LogP contribution in [0.15, 0.2) is 42.5 Å². The lowest BCUT2D eigenvalue weighted by atomic mass is 10.1. The highest BCUT2D eigenvalue weighted by atomic mass is 16.6. The van der Waals surface area contributed by atoms with Crippen molar-refractivity contribution in [1.82, 2.24) is 4.90 Å². The average Bonchev–Trinajstić information content (AvgIpc) is 3.22. The number of nitrogens with zero attached hydrogens (tertiary/aromatic N) is 2. The summed E-state index contributed by atoms with van der Waals surface area (Å²) in [5.41, 5.74) is 3.28. The maximum absolute atomic E-state index is 12.5. The summed E-state index contributed by atoms with van der Waals surface area (Å²) in [4.78, 5) is 17.0. The Balaban J connectivity index is 1.35. The topological polar surface area (TPSA) is 54.0 Å². The molecule has 28 heavy (non-hydrogen) atoms. The van der Waals surface area contributed by atoms with Gasteiger partial charge >= 0.3 is 0 Å². The van der Waals surface area contributed by atoms with Crippen molar-refractivity contribution in [1.29, 1.82) is 0 Å². The number of nitrogens with one attached hydrogen (secondary N) is 1. The minimum atomic E-state index is -0.0437. The lowest BCUT2D eigenvalue weighted by molar-refractivity contribution is -0.117. The van der Waals surface area contributed by atoms with Crippen LogP contribution in [0.1, 0.15) is 18.4 Å². The second kappa shape index (κ2) is 8.52. The molecule has 4 rings (SSSR count). The number of carbonyl (C=O) groups is 1. The van der Waals surface area contributed by atoms with Crippen LogP contribution in [0.4, 0.5) is 11.4 Å². The van der Waals surface area contributed by atoms with Crippen molar-refractivity contribution in [3.63, 3.8) is 0 Å². The molecule has 0 aliphatic carbocycles. The van der Waals surface area contributed by atoms with E-state index in [1.165, 1.54) is 24.1 Å². The first-order valence-electron chi connectivity index (χ1n) is 9.90. The van der Waals surface area contributed by atoms with Crippen molar-refractivity contribution in [2.45, 2.75) is 19.4 Å². The number of para-hydroxylation sites is 1. The summed E-state index contributed by atoms with van der Waals surface area (Å²) >= 11 is 0. The Morgan fingerprint density at radius 3 is 2.64 bits per heavy atom. The Bertz CT molecular complexity index is 834. The predicted molar refractivity (Wildman–Crippen MR) is 110 cm³/mol. The van der Waals surface area contributed by atoms with Crippen molar-refractivity contribution in [3.8, 4) is 11.5 Å². The standard InChI is InChI=1S/C22H27N3O3/c1-24(15-17-6-2-3-7-19(17)25-10-4-5-11-25)16-22(26)23-18-8-9-20-21(14-18)28-13-12-27-20/h2-3,6-9,14H,4-5,10-13,15-16H2,1H3,(H,23,26). The minimum absolute atomic E-state index is 0.0437. The minimum Gasteiger partial charge on any atom is -0.486 e. The molecular formula is C22H27N3O3. The number of carbonyl (C=O) groups excluding carboxylic acids is 1. The average molecular weight is 381 g/mol. The summed E-state index contributed by atoms with van der Waals surface area (Å²) in [6, 6.07) is 14.0. The Hall–Kier alpha value is -2.73. The molecule has 6 nitrogen and oxygen atoms in total. The Kier molecular flexibility index (Phi) is 5.67. The van der Waals surface area contributed by atoms with Gasteiger partial charge in [0.25, 0.3) is 0 Å². The van der Waals surface area contributed by atoms with Crippen LogP contribution < -0.4 is 19.7 Å². The largest absolute Gasteiger partial charge is 0.486 e. The number of fused-ring (bicyclic) bond motifs is 1. The molecule has 148 valence electrons. The van der Waals surface area contributed by atoms with Gasteiger partial charge in [0.1, 0.15) is 13.2 Å². The maximum Gasteiger partial charge on any atom is 0.238 e. The molecule has 2 aliphatic heterocycles. The number of hydrogen-bond donors (Lipinski definition) is 1. The van der Waals surface area contributed by atoms with E-state index in [-0.39, 0.29) is 5.91 Å². The second-order valence-corrected chi connectivity index (χ2v) is 7.40. The predicted octanol–water partition coefficient (Wildman–Crippen LogP) is 3.13. The lowest BCUT2D eigenvalue weighted by Crippen LogP contribution is -2.30. The molecule has 1 fully saturated rings. The first-order chi connectivity index (χ1) is 13.7. The summed E-state index contributed by atoms with van der Waals surface area (Å²) in [5.74, 6) is 1.36. The van der Waals surface area contributed by atoms with E-state index in [0.717, 1.165) is 31.1 Å². The van der Waals surface area contributed by atoms with Gasteiger partial charge in [-0.25, -0.2) is 0 Å². The Morgan fingerprint density at radius 1 is 1.07 bits per heavy atom. The number of ether oxygens (including phenoxy) is 2. The molecule has 1 amide bonds. The van der Waals surface area contributed by atoms with Gasteiger partial charge in [0.05, 0.1) is 6.54 Å². The van der Waals surface area contributed by atoms with Crippen LogP contribution in [-0.4, -0.2) is 50.7 Å². The third kappa shape index (κ3) is 4.39. The summed E-state index contributed by atoms with van der Waals surface area (Å²) in [5, 5.41) is 2.95. The van der Waals surface area contributed by atoms with E-state index in [2.05, 4.69) is 34.5 Å². The van der Waals surface area contributed by atoms with E-state index in [4.69, 9.17) is 9.47 Å². The molecular weight excluding hydrogens is 354 g/mol. The van der Waals surface area contributed by atoms with Gasteiger partial charge in [-0.2, -0.15) is 0 Å². The molecule has 0 spiro atoms. The molecule has 2 aliphatic rings. The van der Waals surface area contributed by atoms with Gasteiger partial charge in [-0.3, -0.25) is 9.69 Å². The van der Waals surface area contributed by atoms with Gasteiger partial charge < -0.3 is 19.7 Å². The molecule has 1 saturated heterocycles. The molecule has 2 aromatic rings. The lowest BCUT2D eigenvalue weighted by Gasteiger charge is -2.24. The number of likely N-dealkylation sites (N-methyl/N-ethyl adjacent to an activating group) is 1. The monoisotopic (exact) mass is 381 g/mol. The molecule has 2 aromatic carbocycles. The molecule has 0 atom stereocenters. The van der Waals surface area contributed by atoms with Crippen molar-refractivity contribution in [3.05, 3.63) is 48.0 Å². The summed E-state index contributed by atoms with van der Waals surface area (Å²) in [6.45, 7) is 4.38. The van der Waals surface area contributed by atoms with E-state index in [1.807, 2.05) is 30.1 Å². The second-order valence-electron chi connectivity index (χ2n) is 7.40. The fraction of sp³-hybridized carbons (Fsp3) is 0.409. The van der Waals surface area contributed by atoms with Gasteiger partial charge in [-0.15, -0.1) is 0 Å². The molecule has 6 heteroatoms. The number of amides is 1. The zero-order chi connectivity index (χ0) is 19.3. The highest BCUT2D eigenvalue weighted by Crippen LogP contribution is 2.32. The Morgan fingerprint density at radius 2 is 1.82 bits per heavy atom. The zero-order valence-corrected chi connectivity index (χ0v) is 16.3. The van der Waals surface area contributed by atoms with Crippen LogP contribution in [0.5, 0.6) is 11.5 Å². The van der Waals surface area contributed by atoms with E-state index < -0.39 is 0 Å². The highest BCUT2D eigenvalue weighted by molar-refractivity contribution is 5.92. The number of benzene rings is 2. The van der Waals surface area contributed by atoms with E-state index in [1.54, 1.807) is 0 Å². The highest BCUT2D eigenvalue weighted by Gasteiger charge is 2.17. The molecule has 0 saturated carbocycles. The first kappa shape index (κ1) is 18.6. The van der Waals surface area contributed by atoms with E-state index in [0.29, 0.717) is 25.5 Å². The van der Waals surface area contributed by atoms with E-state index >= 15 is 0 Å². The van der Waals surface area contributed by atoms with E-state index in [9.17, 15) is 4.79 Å². The molecule has 0 bridgehead atoms. The van der Waals surface area contributed by atoms with Crippen LogP contribution >= 0.6 is 0 Å². The summed E-state index contributed by atoms with van der Waals surface area (Å²) in [7, 11) is 1.98. The zero-order valence-electron chi connectivity index (χ0n) is 16.3. The number of rotatable bonds is 6. The van der Waals surface area contributed by atoms with Gasteiger partial charge in [0.2, 0.25) is 5.91 Å². The summed E-state index contributed by atoms with van der Waals surface area (Å²) in [6.07, 6.45) is 2.50. The third-order valence-electron chi connectivity index (χ3n) is 5.12. The molecule has 0 aromatic heterocycles. The van der Waals surface area contributed by atoms with Gasteiger partial charge in [0, 0.05) is 37.1 Å². The van der Waals surface area contributed by atoms with Crippen molar-refractivity contribution in [2.24, 2.45) is 0 Å². The van der Waals surface area contributed by atoms with Crippen LogP contribution in [0.3, 0.4) is 0 Å². The van der Waals surface area contributed by atoms with Gasteiger partial charge in [0.15, 0.2) is 11.5 Å². The van der Waals surface area contributed by atoms with Gasteiger partial charge in [-0.05, 0) is 43.7 Å². The van der Waals surface area contributed by atoms with Crippen molar-refractivity contribution >= 4 is 17.3 Å². The number of hydrogen-bond acceptors (Lipinski definition) is 5. The van der Waals surface area contributed by atoms with Crippen LogP contribution in [-0.2, 0) is 11.3 Å². The Labute approximate surface area is 166 Å². The molecule has 2 heterocycles. The fourth-order valence-electron chi connectivity index (χ4n) is 3.82. The molecule has 0 radical (unpaired) electrons. The third-order valence-corrected chi connectivity index (χ3v) is 5.12. The first-order valence-corrected chi connectivity index (χ1v) is 9.90. The number of anilines is 2. The quantitative estimate of drug-likeness (QED) is 0.833. The smallest absolute Gasteiger partial charge is 0.238 e.